The van der Waals surface area contributed by atoms with Gasteiger partial charge in [0.25, 0.3) is 0 Å². The molecule has 0 aromatic carbocycles. The van der Waals surface area contributed by atoms with Crippen LogP contribution in [0.5, 0.6) is 0 Å². The molecule has 3 N–H and O–H groups in total. The Morgan fingerprint density at radius 3 is 2.85 bits per heavy atom. The predicted molar refractivity (Wildman–Crippen MR) is 103 cm³/mol. The summed E-state index contributed by atoms with van der Waals surface area (Å²) in [5.74, 6) is -0.115. The molecular formula is C17H20N4O3S2. The number of anilines is 2. The smallest absolute Gasteiger partial charge is 0.341 e. The summed E-state index contributed by atoms with van der Waals surface area (Å²) in [6.07, 6.45) is 3.93. The average Bonchev–Trinajstić information content (AvgIpc) is 2.96. The summed E-state index contributed by atoms with van der Waals surface area (Å²) in [6.45, 7) is 1.82. The second kappa shape index (κ2) is 8.05. The number of nitrogen functional groups attached to an aromatic ring is 1. The van der Waals surface area contributed by atoms with Crippen LogP contribution in [0.2, 0.25) is 0 Å². The van der Waals surface area contributed by atoms with Crippen LogP contribution in [0.3, 0.4) is 0 Å². The Morgan fingerprint density at radius 1 is 1.35 bits per heavy atom. The van der Waals surface area contributed by atoms with Gasteiger partial charge in [0.2, 0.25) is 5.91 Å². The van der Waals surface area contributed by atoms with Crippen LogP contribution in [0, 0.1) is 6.92 Å². The normalized spacial score (nSPS) is 13.2. The third-order valence-corrected chi connectivity index (χ3v) is 6.05. The lowest BCUT2D eigenvalue weighted by atomic mass is 9.95. The van der Waals surface area contributed by atoms with E-state index < -0.39 is 5.97 Å². The van der Waals surface area contributed by atoms with Crippen LogP contribution in [0.4, 0.5) is 10.8 Å². The van der Waals surface area contributed by atoms with Crippen LogP contribution in [-0.2, 0) is 22.4 Å². The van der Waals surface area contributed by atoms with Gasteiger partial charge in [0, 0.05) is 16.6 Å². The van der Waals surface area contributed by atoms with Gasteiger partial charge in [0.1, 0.15) is 10.8 Å². The lowest BCUT2D eigenvalue weighted by Crippen LogP contribution is -2.16. The van der Waals surface area contributed by atoms with Crippen molar-refractivity contribution in [1.82, 2.24) is 9.97 Å². The van der Waals surface area contributed by atoms with Gasteiger partial charge in [-0.25, -0.2) is 14.8 Å². The van der Waals surface area contributed by atoms with Crippen molar-refractivity contribution in [3.63, 3.8) is 0 Å². The number of aryl methyl sites for hydroxylation is 2. The Hall–Kier alpha value is -2.13. The summed E-state index contributed by atoms with van der Waals surface area (Å²) in [5.41, 5.74) is 7.97. The SMILES string of the molecule is COC(=O)c1c(NC(=O)CSc2nc(C)cc(N)n2)sc2c1CCCC2. The number of carbonyl (C=O) groups is 2. The number of aromatic nitrogens is 2. The van der Waals surface area contributed by atoms with Gasteiger partial charge in [-0.2, -0.15) is 0 Å². The fourth-order valence-electron chi connectivity index (χ4n) is 2.89. The Balaban J connectivity index is 1.72. The van der Waals surface area contributed by atoms with Crippen LogP contribution < -0.4 is 11.1 Å². The Kier molecular flexibility index (Phi) is 5.77. The first-order valence-corrected chi connectivity index (χ1v) is 10.0. The third kappa shape index (κ3) is 4.16. The number of carbonyl (C=O) groups excluding carboxylic acids is 2. The third-order valence-electron chi connectivity index (χ3n) is 4.00. The van der Waals surface area contributed by atoms with E-state index in [0.29, 0.717) is 21.5 Å². The molecular weight excluding hydrogens is 372 g/mol. The van der Waals surface area contributed by atoms with Gasteiger partial charge in [-0.15, -0.1) is 11.3 Å². The molecule has 2 heterocycles. The molecule has 0 bridgehead atoms. The van der Waals surface area contributed by atoms with Crippen molar-refractivity contribution in [3.8, 4) is 0 Å². The van der Waals surface area contributed by atoms with Crippen LogP contribution in [0.1, 0.15) is 39.3 Å². The first-order chi connectivity index (χ1) is 12.5. The van der Waals surface area contributed by atoms with Crippen molar-refractivity contribution in [2.24, 2.45) is 0 Å². The highest BCUT2D eigenvalue weighted by Gasteiger charge is 2.26. The van der Waals surface area contributed by atoms with Crippen LogP contribution in [-0.4, -0.2) is 34.7 Å². The van der Waals surface area contributed by atoms with E-state index in [9.17, 15) is 9.59 Å². The lowest BCUT2D eigenvalue weighted by molar-refractivity contribution is -0.113. The molecule has 0 saturated carbocycles. The molecule has 7 nitrogen and oxygen atoms in total. The Labute approximate surface area is 159 Å². The Morgan fingerprint density at radius 2 is 2.12 bits per heavy atom. The maximum Gasteiger partial charge on any atom is 0.341 e. The summed E-state index contributed by atoms with van der Waals surface area (Å²) in [6, 6.07) is 1.67. The summed E-state index contributed by atoms with van der Waals surface area (Å²) in [5, 5.41) is 3.88. The second-order valence-electron chi connectivity index (χ2n) is 5.96. The van der Waals surface area contributed by atoms with E-state index >= 15 is 0 Å². The molecule has 1 amide bonds. The fourth-order valence-corrected chi connectivity index (χ4v) is 4.90. The van der Waals surface area contributed by atoms with Crippen LogP contribution in [0.25, 0.3) is 0 Å². The van der Waals surface area contributed by atoms with Crippen molar-refractivity contribution < 1.29 is 14.3 Å². The van der Waals surface area contributed by atoms with Crippen molar-refractivity contribution in [1.29, 1.82) is 0 Å². The van der Waals surface area contributed by atoms with Crippen molar-refractivity contribution in [2.45, 2.75) is 37.8 Å². The van der Waals surface area contributed by atoms with Gasteiger partial charge >= 0.3 is 5.97 Å². The highest BCUT2D eigenvalue weighted by Crippen LogP contribution is 2.38. The minimum atomic E-state index is -0.401. The number of fused-ring (bicyclic) bond motifs is 1. The first-order valence-electron chi connectivity index (χ1n) is 8.24. The van der Waals surface area contributed by atoms with E-state index in [2.05, 4.69) is 15.3 Å². The molecule has 0 fully saturated rings. The molecule has 26 heavy (non-hydrogen) atoms. The number of esters is 1. The van der Waals surface area contributed by atoms with E-state index in [1.54, 1.807) is 6.07 Å². The Bertz CT molecular complexity index is 831. The fraction of sp³-hybridized carbons (Fsp3) is 0.412. The zero-order valence-electron chi connectivity index (χ0n) is 14.6. The van der Waals surface area contributed by atoms with Gasteiger partial charge in [-0.1, -0.05) is 11.8 Å². The zero-order chi connectivity index (χ0) is 18.7. The van der Waals surface area contributed by atoms with E-state index in [1.807, 2.05) is 6.92 Å². The van der Waals surface area contributed by atoms with Crippen molar-refractivity contribution in [3.05, 3.63) is 27.8 Å². The lowest BCUT2D eigenvalue weighted by Gasteiger charge is -2.11. The molecule has 3 rings (SSSR count). The number of thiophene rings is 1. The number of hydrogen-bond acceptors (Lipinski definition) is 8. The number of hydrogen-bond donors (Lipinski definition) is 2. The average molecular weight is 393 g/mol. The van der Waals surface area contributed by atoms with Gasteiger partial charge in [-0.3, -0.25) is 4.79 Å². The van der Waals surface area contributed by atoms with E-state index in [1.165, 1.54) is 30.2 Å². The van der Waals surface area contributed by atoms with E-state index in [0.717, 1.165) is 41.8 Å². The molecule has 0 saturated heterocycles. The summed E-state index contributed by atoms with van der Waals surface area (Å²) in [4.78, 5) is 34.1. The zero-order valence-corrected chi connectivity index (χ0v) is 16.3. The molecule has 138 valence electrons. The van der Waals surface area contributed by atoms with Gasteiger partial charge in [0.05, 0.1) is 18.4 Å². The molecule has 2 aromatic heterocycles. The predicted octanol–water partition coefficient (Wildman–Crippen LogP) is 2.82. The summed E-state index contributed by atoms with van der Waals surface area (Å²) < 4.78 is 4.92. The maximum absolute atomic E-state index is 12.4. The number of ether oxygens (including phenoxy) is 1. The topological polar surface area (TPSA) is 107 Å². The number of nitrogens with one attached hydrogen (secondary N) is 1. The number of rotatable bonds is 5. The molecule has 0 radical (unpaired) electrons. The first kappa shape index (κ1) is 18.7. The van der Waals surface area contributed by atoms with Crippen LogP contribution >= 0.6 is 23.1 Å². The molecule has 0 spiro atoms. The van der Waals surface area contributed by atoms with Crippen molar-refractivity contribution >= 4 is 45.8 Å². The number of nitrogens with two attached hydrogens (primary N) is 1. The molecule has 0 unspecified atom stereocenters. The largest absolute Gasteiger partial charge is 0.465 e. The number of thioether (sulfide) groups is 1. The molecule has 2 aromatic rings. The van der Waals surface area contributed by atoms with Gasteiger partial charge in [0.15, 0.2) is 5.16 Å². The monoisotopic (exact) mass is 392 g/mol. The standard InChI is InChI=1S/C17H20N4O3S2/c1-9-7-12(18)20-17(19-9)25-8-13(22)21-15-14(16(23)24-2)10-5-3-4-6-11(10)26-15/h7H,3-6,8H2,1-2H3,(H,21,22)(H2,18,19,20). The van der Waals surface area contributed by atoms with Gasteiger partial charge in [-0.05, 0) is 38.2 Å². The van der Waals surface area contributed by atoms with E-state index in [4.69, 9.17) is 10.5 Å². The molecule has 0 atom stereocenters. The van der Waals surface area contributed by atoms with Crippen LogP contribution in [0.15, 0.2) is 11.2 Å². The minimum absolute atomic E-state index is 0.131. The number of amides is 1. The maximum atomic E-state index is 12.4. The summed E-state index contributed by atoms with van der Waals surface area (Å²) >= 11 is 2.67. The van der Waals surface area contributed by atoms with Crippen molar-refractivity contribution in [2.75, 3.05) is 23.9 Å². The molecule has 1 aliphatic carbocycles. The highest BCUT2D eigenvalue weighted by atomic mass is 32.2. The quantitative estimate of drug-likeness (QED) is 0.458. The number of methoxy groups -OCH3 is 1. The van der Waals surface area contributed by atoms with E-state index in [-0.39, 0.29) is 11.7 Å². The van der Waals surface area contributed by atoms with Gasteiger partial charge < -0.3 is 15.8 Å². The molecule has 1 aliphatic rings. The molecule has 9 heteroatoms. The highest BCUT2D eigenvalue weighted by molar-refractivity contribution is 7.99. The second-order valence-corrected chi connectivity index (χ2v) is 8.01. The number of nitrogens with zero attached hydrogens (tertiary/aromatic N) is 2. The summed E-state index contributed by atoms with van der Waals surface area (Å²) in [7, 11) is 1.36. The minimum Gasteiger partial charge on any atom is -0.465 e. The molecule has 0 aliphatic heterocycles.